The van der Waals surface area contributed by atoms with Gasteiger partial charge in [-0.15, -0.1) is 0 Å². The summed E-state index contributed by atoms with van der Waals surface area (Å²) in [6.45, 7) is 6.23. The molecule has 0 aromatic heterocycles. The summed E-state index contributed by atoms with van der Waals surface area (Å²) >= 11 is 0. The van der Waals surface area contributed by atoms with E-state index in [0.717, 1.165) is 18.1 Å². The molecule has 0 spiro atoms. The van der Waals surface area contributed by atoms with Gasteiger partial charge in [0.25, 0.3) is 6.07 Å². The van der Waals surface area contributed by atoms with Gasteiger partial charge in [-0.25, -0.2) is 0 Å². The fourth-order valence-electron chi connectivity index (χ4n) is 2.35. The van der Waals surface area contributed by atoms with Crippen molar-refractivity contribution in [1.29, 1.82) is 15.8 Å². The van der Waals surface area contributed by atoms with Gasteiger partial charge in [-0.2, -0.15) is 20.3 Å². The molecule has 0 heterocycles. The van der Waals surface area contributed by atoms with E-state index in [9.17, 15) is 10.5 Å². The zero-order valence-corrected chi connectivity index (χ0v) is 13.9. The highest BCUT2D eigenvalue weighted by Crippen LogP contribution is 2.35. The molecular formula is C16H15N5Si. The van der Waals surface area contributed by atoms with Gasteiger partial charge >= 0.3 is 8.24 Å². The minimum Gasteiger partial charge on any atom is -0.763 e. The van der Waals surface area contributed by atoms with Crippen LogP contribution in [0.25, 0.3) is 9.92 Å². The summed E-state index contributed by atoms with van der Waals surface area (Å²) in [6.07, 6.45) is 0. The Hall–Kier alpha value is -2.89. The Morgan fingerprint density at radius 2 is 1.32 bits per heavy atom. The fraction of sp³-hybridized carbons (Fsp3) is 0.375. The van der Waals surface area contributed by atoms with Gasteiger partial charge in [0.1, 0.15) is 23.8 Å². The molecule has 5 nitrogen and oxygen atoms in total. The van der Waals surface area contributed by atoms with E-state index in [0.29, 0.717) is 0 Å². The predicted molar refractivity (Wildman–Crippen MR) is 87.2 cm³/mol. The van der Waals surface area contributed by atoms with Gasteiger partial charge in [-0.3, -0.25) is 5.87 Å². The largest absolute Gasteiger partial charge is 0.763 e. The Morgan fingerprint density at radius 1 is 0.864 bits per heavy atom. The second-order valence-corrected chi connectivity index (χ2v) is 9.62. The van der Waals surface area contributed by atoms with E-state index in [-0.39, 0.29) is 27.9 Å². The molecule has 0 aromatic carbocycles. The van der Waals surface area contributed by atoms with E-state index in [4.69, 9.17) is 10.7 Å². The van der Waals surface area contributed by atoms with Crippen molar-refractivity contribution >= 4 is 14.1 Å². The molecule has 6 heteroatoms. The van der Waals surface area contributed by atoms with Gasteiger partial charge in [0.15, 0.2) is 0 Å². The number of nitrogens with zero attached hydrogens (tertiary/aromatic N) is 5. The van der Waals surface area contributed by atoms with Gasteiger partial charge in [0.05, 0.1) is 16.7 Å². The molecule has 108 valence electrons. The Bertz CT molecular complexity index is 780. The highest BCUT2D eigenvalue weighted by Gasteiger charge is 2.43. The third kappa shape index (κ3) is 2.76. The van der Waals surface area contributed by atoms with Crippen molar-refractivity contribution in [3.63, 3.8) is 0 Å². The number of hydrogen-bond acceptors (Lipinski definition) is 3. The molecule has 0 radical (unpaired) electrons. The summed E-state index contributed by atoms with van der Waals surface area (Å²) in [5, 5.41) is 36.8. The number of nitriles is 3. The Kier molecular flexibility index (Phi) is 5.62. The molecule has 1 aliphatic carbocycles. The van der Waals surface area contributed by atoms with E-state index < -0.39 is 8.24 Å². The number of rotatable bonds is 3. The maximum absolute atomic E-state index is 9.27. The SMILES string of the molecule is CC[Si](CC)(CC)[N+]#CC1=C(C#N)C(=C=[N-])C(C#N)=C1C#N. The summed E-state index contributed by atoms with van der Waals surface area (Å²) in [4.78, 5) is 0. The molecular weight excluding hydrogens is 290 g/mol. The molecule has 0 aromatic rings. The summed E-state index contributed by atoms with van der Waals surface area (Å²) in [5.41, 5.74) is 0.105. The molecule has 0 saturated carbocycles. The quantitative estimate of drug-likeness (QED) is 0.587. The van der Waals surface area contributed by atoms with Gasteiger partial charge in [0.2, 0.25) is 0 Å². The first-order valence-corrected chi connectivity index (χ1v) is 9.59. The molecule has 0 N–H and O–H groups in total. The lowest BCUT2D eigenvalue weighted by molar-refractivity contribution is 1.19. The lowest BCUT2D eigenvalue weighted by Crippen LogP contribution is -2.26. The van der Waals surface area contributed by atoms with E-state index in [2.05, 4.69) is 31.4 Å². The zero-order chi connectivity index (χ0) is 16.8. The fourth-order valence-corrected chi connectivity index (χ4v) is 4.67. The van der Waals surface area contributed by atoms with Crippen LogP contribution in [0, 0.1) is 40.1 Å². The van der Waals surface area contributed by atoms with Gasteiger partial charge in [-0.05, 0) is 0 Å². The molecule has 0 unspecified atom stereocenters. The van der Waals surface area contributed by atoms with Crippen LogP contribution >= 0.6 is 0 Å². The first kappa shape index (κ1) is 17.2. The summed E-state index contributed by atoms with van der Waals surface area (Å²) in [7, 11) is -1.87. The normalized spacial score (nSPS) is 13.7. The molecule has 22 heavy (non-hydrogen) atoms. The van der Waals surface area contributed by atoms with E-state index >= 15 is 0 Å². The average Bonchev–Trinajstić information content (AvgIpc) is 2.88. The molecule has 0 atom stereocenters. The standard InChI is InChI=1S/C16H15N5Si/c1-4-22(5-2,6-3)21-11-16-14(9-19)12(7-17)13(8-18)15(16)10-20/h4-6H2,1-3H3. The Labute approximate surface area is 131 Å². The van der Waals surface area contributed by atoms with Gasteiger partial charge in [0, 0.05) is 23.7 Å². The van der Waals surface area contributed by atoms with Crippen LogP contribution in [0.3, 0.4) is 0 Å². The van der Waals surface area contributed by atoms with Gasteiger partial charge in [-0.1, -0.05) is 20.8 Å². The molecule has 0 amide bonds. The van der Waals surface area contributed by atoms with Crippen LogP contribution in [0.5, 0.6) is 0 Å². The second-order valence-electron chi connectivity index (χ2n) is 4.83. The first-order chi connectivity index (χ1) is 10.6. The summed E-state index contributed by atoms with van der Waals surface area (Å²) in [6, 6.07) is 11.3. The molecule has 0 aliphatic heterocycles. The maximum atomic E-state index is 9.27. The van der Waals surface area contributed by atoms with Crippen molar-refractivity contribution in [3.05, 3.63) is 37.8 Å². The monoisotopic (exact) mass is 305 g/mol. The van der Waals surface area contributed by atoms with Gasteiger partial charge < -0.3 is 5.41 Å². The smallest absolute Gasteiger partial charge is 0.507 e. The van der Waals surface area contributed by atoms with Crippen molar-refractivity contribution in [1.82, 2.24) is 0 Å². The molecule has 0 bridgehead atoms. The summed E-state index contributed by atoms with van der Waals surface area (Å²) < 4.78 is 4.59. The maximum Gasteiger partial charge on any atom is 0.507 e. The minimum absolute atomic E-state index is 0.0190. The van der Waals surface area contributed by atoms with Crippen LogP contribution in [0.4, 0.5) is 0 Å². The highest BCUT2D eigenvalue weighted by atomic mass is 28.3. The Balaban J connectivity index is 3.62. The van der Waals surface area contributed by atoms with E-state index in [1.165, 1.54) is 0 Å². The second kappa shape index (κ2) is 7.21. The molecule has 1 rings (SSSR count). The lowest BCUT2D eigenvalue weighted by atomic mass is 10.1. The third-order valence-electron chi connectivity index (χ3n) is 4.08. The van der Waals surface area contributed by atoms with Crippen molar-refractivity contribution in [3.8, 4) is 24.3 Å². The number of hydrogen-bond donors (Lipinski definition) is 0. The van der Waals surface area contributed by atoms with E-state index in [1.54, 1.807) is 0 Å². The van der Waals surface area contributed by atoms with Crippen LogP contribution in [0.15, 0.2) is 27.9 Å². The molecule has 1 aliphatic rings. The van der Waals surface area contributed by atoms with Crippen LogP contribution < -0.4 is 0 Å². The number of allylic oxidation sites excluding steroid dienone is 5. The predicted octanol–water partition coefficient (Wildman–Crippen LogP) is 3.67. The van der Waals surface area contributed by atoms with Crippen molar-refractivity contribution < 1.29 is 0 Å². The first-order valence-electron chi connectivity index (χ1n) is 7.02. The molecule has 0 saturated heterocycles. The van der Waals surface area contributed by atoms with Crippen LogP contribution in [-0.4, -0.2) is 14.1 Å². The van der Waals surface area contributed by atoms with Crippen LogP contribution in [0.2, 0.25) is 18.1 Å². The van der Waals surface area contributed by atoms with Crippen LogP contribution in [-0.2, 0) is 0 Å². The van der Waals surface area contributed by atoms with E-state index in [1.807, 2.05) is 24.1 Å². The van der Waals surface area contributed by atoms with Crippen molar-refractivity contribution in [2.45, 2.75) is 38.9 Å². The average molecular weight is 305 g/mol. The van der Waals surface area contributed by atoms with Crippen molar-refractivity contribution in [2.24, 2.45) is 0 Å². The van der Waals surface area contributed by atoms with Crippen molar-refractivity contribution in [2.75, 3.05) is 0 Å². The zero-order valence-electron chi connectivity index (χ0n) is 12.9. The third-order valence-corrected chi connectivity index (χ3v) is 8.61. The Morgan fingerprint density at radius 3 is 1.68 bits per heavy atom. The van der Waals surface area contributed by atoms with Crippen LogP contribution in [0.1, 0.15) is 20.8 Å². The lowest BCUT2D eigenvalue weighted by Gasteiger charge is -2.04. The highest BCUT2D eigenvalue weighted by molar-refractivity contribution is 6.82. The topological polar surface area (TPSA) is 98.0 Å². The molecule has 0 fully saturated rings. The summed E-state index contributed by atoms with van der Waals surface area (Å²) in [5.74, 6) is 1.83. The minimum atomic E-state index is -1.87.